The van der Waals surface area contributed by atoms with Gasteiger partial charge in [-0.3, -0.25) is 24.6 Å². The average molecular weight is 373 g/mol. The molecule has 0 bridgehead atoms. The van der Waals surface area contributed by atoms with Crippen LogP contribution in [0.3, 0.4) is 0 Å². The van der Waals surface area contributed by atoms with Crippen molar-refractivity contribution in [3.63, 3.8) is 0 Å². The monoisotopic (exact) mass is 373 g/mol. The van der Waals surface area contributed by atoms with Gasteiger partial charge in [0.25, 0.3) is 0 Å². The van der Waals surface area contributed by atoms with Gasteiger partial charge in [-0.05, 0) is 50.4 Å². The van der Waals surface area contributed by atoms with Crippen molar-refractivity contribution >= 4 is 23.4 Å². The van der Waals surface area contributed by atoms with Crippen molar-refractivity contribution in [3.8, 4) is 0 Å². The molecular weight excluding hydrogens is 346 g/mol. The van der Waals surface area contributed by atoms with Crippen LogP contribution in [0, 0.1) is 0 Å². The summed E-state index contributed by atoms with van der Waals surface area (Å²) >= 11 is 0. The zero-order chi connectivity index (χ0) is 19.4. The summed E-state index contributed by atoms with van der Waals surface area (Å²) in [5.74, 6) is -1.02. The Labute approximate surface area is 159 Å². The van der Waals surface area contributed by atoms with Crippen molar-refractivity contribution in [2.24, 2.45) is 0 Å². The van der Waals surface area contributed by atoms with Crippen molar-refractivity contribution < 1.29 is 19.1 Å². The number of anilines is 1. The van der Waals surface area contributed by atoms with E-state index in [2.05, 4.69) is 10.6 Å². The first kappa shape index (κ1) is 19.5. The number of piperidine rings is 1. The number of ether oxygens (including phenoxy) is 1. The fourth-order valence-corrected chi connectivity index (χ4v) is 3.87. The number of likely N-dealkylation sites (N-methyl/N-ethyl adjacent to an activating group) is 1. The van der Waals surface area contributed by atoms with Gasteiger partial charge in [-0.15, -0.1) is 0 Å². The minimum atomic E-state index is -0.612. The molecule has 146 valence electrons. The number of hydrogen-bond acceptors (Lipinski definition) is 5. The topological polar surface area (TPSA) is 87.7 Å². The molecule has 0 aromatic heterocycles. The Hall–Kier alpha value is -2.25. The molecule has 3 rings (SSSR count). The van der Waals surface area contributed by atoms with Crippen LogP contribution < -0.4 is 15.5 Å². The van der Waals surface area contributed by atoms with Crippen molar-refractivity contribution in [1.82, 2.24) is 10.6 Å². The Balaban J connectivity index is 1.75. The van der Waals surface area contributed by atoms with E-state index in [1.54, 1.807) is 4.90 Å². The van der Waals surface area contributed by atoms with Crippen LogP contribution in [0.4, 0.5) is 5.69 Å². The molecule has 1 aromatic rings. The van der Waals surface area contributed by atoms with Gasteiger partial charge in [0.2, 0.25) is 17.7 Å². The Morgan fingerprint density at radius 3 is 2.81 bits per heavy atom. The smallest absolute Gasteiger partial charge is 0.249 e. The van der Waals surface area contributed by atoms with Crippen LogP contribution in [0.25, 0.3) is 0 Å². The Kier molecular flexibility index (Phi) is 6.23. The van der Waals surface area contributed by atoms with Gasteiger partial charge in [-0.2, -0.15) is 0 Å². The van der Waals surface area contributed by atoms with Crippen LogP contribution in [0.15, 0.2) is 18.2 Å². The molecule has 2 aliphatic rings. The van der Waals surface area contributed by atoms with Gasteiger partial charge in [0.05, 0.1) is 12.5 Å². The molecular formula is C20H27N3O4. The first-order valence-electron chi connectivity index (χ1n) is 9.55. The van der Waals surface area contributed by atoms with E-state index in [0.29, 0.717) is 19.6 Å². The molecule has 1 saturated heterocycles. The number of carbonyl (C=O) groups excluding carboxylic acids is 3. The van der Waals surface area contributed by atoms with Gasteiger partial charge in [0.1, 0.15) is 6.04 Å². The lowest BCUT2D eigenvalue weighted by molar-refractivity contribution is -0.135. The van der Waals surface area contributed by atoms with Crippen LogP contribution in [-0.2, 0) is 25.5 Å². The second-order valence-electron chi connectivity index (χ2n) is 7.07. The Bertz CT molecular complexity index is 734. The number of fused-ring (bicyclic) bond motifs is 1. The number of rotatable bonds is 8. The number of aryl methyl sites for hydroxylation is 1. The number of imide groups is 1. The molecule has 27 heavy (non-hydrogen) atoms. The van der Waals surface area contributed by atoms with E-state index in [1.165, 1.54) is 0 Å². The molecule has 2 heterocycles. The summed E-state index contributed by atoms with van der Waals surface area (Å²) in [6, 6.07) is 5.26. The molecule has 0 spiro atoms. The lowest BCUT2D eigenvalue weighted by Crippen LogP contribution is -2.53. The van der Waals surface area contributed by atoms with E-state index in [-0.39, 0.29) is 30.1 Å². The van der Waals surface area contributed by atoms with Crippen molar-refractivity contribution in [2.45, 2.75) is 44.6 Å². The van der Waals surface area contributed by atoms with E-state index >= 15 is 0 Å². The fourth-order valence-electron chi connectivity index (χ4n) is 3.87. The van der Waals surface area contributed by atoms with Gasteiger partial charge in [0, 0.05) is 25.3 Å². The zero-order valence-corrected chi connectivity index (χ0v) is 15.9. The normalized spacial score (nSPS) is 22.1. The summed E-state index contributed by atoms with van der Waals surface area (Å²) in [6.45, 7) is 4.07. The molecule has 2 aliphatic heterocycles. The van der Waals surface area contributed by atoms with Gasteiger partial charge in [-0.1, -0.05) is 12.1 Å². The summed E-state index contributed by atoms with van der Waals surface area (Å²) in [7, 11) is 1.89. The predicted octanol–water partition coefficient (Wildman–Crippen LogP) is 1.11. The molecule has 0 saturated carbocycles. The molecule has 2 unspecified atom stereocenters. The highest BCUT2D eigenvalue weighted by molar-refractivity contribution is 6.12. The van der Waals surface area contributed by atoms with Crippen molar-refractivity contribution in [3.05, 3.63) is 29.3 Å². The van der Waals surface area contributed by atoms with Crippen LogP contribution >= 0.6 is 0 Å². The number of nitrogens with one attached hydrogen (secondary N) is 2. The number of hydrogen-bond donors (Lipinski definition) is 2. The van der Waals surface area contributed by atoms with Gasteiger partial charge in [-0.25, -0.2) is 0 Å². The van der Waals surface area contributed by atoms with Crippen LogP contribution in [-0.4, -0.2) is 50.6 Å². The number of benzene rings is 1. The van der Waals surface area contributed by atoms with Gasteiger partial charge < -0.3 is 10.1 Å². The molecule has 0 aliphatic carbocycles. The maximum absolute atomic E-state index is 12.9. The average Bonchev–Trinajstić information content (AvgIpc) is 2.90. The first-order chi connectivity index (χ1) is 13.0. The Morgan fingerprint density at radius 2 is 2.07 bits per heavy atom. The minimum Gasteiger partial charge on any atom is -0.380 e. The molecule has 7 nitrogen and oxygen atoms in total. The maximum atomic E-state index is 12.9. The van der Waals surface area contributed by atoms with E-state index in [0.717, 1.165) is 36.2 Å². The van der Waals surface area contributed by atoms with Crippen LogP contribution in [0.1, 0.15) is 43.2 Å². The summed E-state index contributed by atoms with van der Waals surface area (Å²) in [6.07, 6.45) is 2.32. The lowest BCUT2D eigenvalue weighted by atomic mass is 9.94. The first-order valence-corrected chi connectivity index (χ1v) is 9.55. The molecule has 7 heteroatoms. The molecule has 2 atom stereocenters. The molecule has 0 radical (unpaired) electrons. The van der Waals surface area contributed by atoms with E-state index < -0.39 is 6.04 Å². The number of amides is 3. The highest BCUT2D eigenvalue weighted by Crippen LogP contribution is 2.41. The second-order valence-corrected chi connectivity index (χ2v) is 7.07. The molecule has 2 N–H and O–H groups in total. The highest BCUT2D eigenvalue weighted by Gasteiger charge is 2.43. The third-order valence-electron chi connectivity index (χ3n) is 5.23. The van der Waals surface area contributed by atoms with Crippen LogP contribution in [0.5, 0.6) is 0 Å². The summed E-state index contributed by atoms with van der Waals surface area (Å²) in [5, 5.41) is 5.39. The standard InChI is InChI=1S/C20H27N3O4/c1-13-18-14(6-4-11-27-12-10-21-2)5-3-7-15(18)23(20(13)26)16-8-9-17(24)22-19(16)25/h3,5,7,13,16,21H,4,6,8-12H2,1-2H3,(H,22,24,25). The third-order valence-corrected chi connectivity index (χ3v) is 5.23. The van der Waals surface area contributed by atoms with E-state index in [1.807, 2.05) is 32.2 Å². The number of carbonyl (C=O) groups is 3. The van der Waals surface area contributed by atoms with Gasteiger partial charge >= 0.3 is 0 Å². The fraction of sp³-hybridized carbons (Fsp3) is 0.550. The largest absolute Gasteiger partial charge is 0.380 e. The van der Waals surface area contributed by atoms with E-state index in [4.69, 9.17) is 4.74 Å². The van der Waals surface area contributed by atoms with Gasteiger partial charge in [0.15, 0.2) is 0 Å². The van der Waals surface area contributed by atoms with Crippen molar-refractivity contribution in [1.29, 1.82) is 0 Å². The summed E-state index contributed by atoms with van der Waals surface area (Å²) < 4.78 is 5.58. The lowest BCUT2D eigenvalue weighted by Gasteiger charge is -2.30. The molecule has 3 amide bonds. The van der Waals surface area contributed by atoms with E-state index in [9.17, 15) is 14.4 Å². The van der Waals surface area contributed by atoms with Crippen LogP contribution in [0.2, 0.25) is 0 Å². The maximum Gasteiger partial charge on any atom is 0.249 e. The predicted molar refractivity (Wildman–Crippen MR) is 102 cm³/mol. The summed E-state index contributed by atoms with van der Waals surface area (Å²) in [4.78, 5) is 38.2. The zero-order valence-electron chi connectivity index (χ0n) is 15.9. The minimum absolute atomic E-state index is 0.0720. The second kappa shape index (κ2) is 8.63. The molecule has 1 fully saturated rings. The van der Waals surface area contributed by atoms with Crippen molar-refractivity contribution in [2.75, 3.05) is 31.7 Å². The Morgan fingerprint density at radius 1 is 1.26 bits per heavy atom. The number of nitrogens with zero attached hydrogens (tertiary/aromatic N) is 1. The summed E-state index contributed by atoms with van der Waals surface area (Å²) in [5.41, 5.74) is 2.93. The highest BCUT2D eigenvalue weighted by atomic mass is 16.5. The molecule has 1 aromatic carbocycles. The quantitative estimate of drug-likeness (QED) is 0.527. The SMILES string of the molecule is CNCCOCCCc1cccc2c1C(C)C(=O)N2C1CCC(=O)NC1=O. The third kappa shape index (κ3) is 4.04.